The van der Waals surface area contributed by atoms with E-state index < -0.39 is 17.5 Å². The molecular formula is C15H17N5O5. The van der Waals surface area contributed by atoms with Crippen molar-refractivity contribution in [3.63, 3.8) is 0 Å². The second kappa shape index (κ2) is 5.12. The maximum Gasteiger partial charge on any atom is 0.306 e. The van der Waals surface area contributed by atoms with Crippen molar-refractivity contribution < 1.29 is 23.8 Å². The van der Waals surface area contributed by atoms with E-state index in [1.165, 1.54) is 26.5 Å². The summed E-state index contributed by atoms with van der Waals surface area (Å²) in [5.41, 5.74) is 5.96. The number of esters is 2. The highest BCUT2D eigenvalue weighted by Gasteiger charge is 2.70. The van der Waals surface area contributed by atoms with Crippen LogP contribution in [0, 0.1) is 5.92 Å². The average molecular weight is 347 g/mol. The molecule has 0 amide bonds. The first-order chi connectivity index (χ1) is 11.9. The van der Waals surface area contributed by atoms with Gasteiger partial charge in [0.1, 0.15) is 30.4 Å². The van der Waals surface area contributed by atoms with Crippen LogP contribution in [0.4, 0.5) is 5.82 Å². The van der Waals surface area contributed by atoms with Gasteiger partial charge in [0.15, 0.2) is 11.5 Å². The summed E-state index contributed by atoms with van der Waals surface area (Å²) in [5, 5.41) is 0. The third kappa shape index (κ3) is 2.40. The van der Waals surface area contributed by atoms with Crippen LogP contribution in [-0.2, 0) is 29.7 Å². The Kier molecular flexibility index (Phi) is 3.23. The molecule has 25 heavy (non-hydrogen) atoms. The number of carbonyl (C=O) groups is 2. The van der Waals surface area contributed by atoms with Crippen LogP contribution in [0.3, 0.4) is 0 Å². The summed E-state index contributed by atoms with van der Waals surface area (Å²) in [4.78, 5) is 35.1. The maximum absolute atomic E-state index is 11.7. The number of carbonyl (C=O) groups excluding carboxylic acids is 2. The van der Waals surface area contributed by atoms with Gasteiger partial charge in [0, 0.05) is 26.2 Å². The Hall–Kier alpha value is -2.75. The molecule has 0 bridgehead atoms. The normalized spacial score (nSPS) is 30.1. The van der Waals surface area contributed by atoms with E-state index in [1.807, 2.05) is 0 Å². The smallest absolute Gasteiger partial charge is 0.306 e. The maximum atomic E-state index is 11.7. The van der Waals surface area contributed by atoms with Crippen LogP contribution in [-0.4, -0.2) is 43.7 Å². The fourth-order valence-electron chi connectivity index (χ4n) is 3.43. The zero-order valence-electron chi connectivity index (χ0n) is 13.8. The van der Waals surface area contributed by atoms with E-state index in [1.54, 1.807) is 4.57 Å². The van der Waals surface area contributed by atoms with Crippen molar-refractivity contribution in [1.29, 1.82) is 0 Å². The number of hydrogen-bond donors (Lipinski definition) is 1. The molecule has 3 atom stereocenters. The Morgan fingerprint density at radius 3 is 2.84 bits per heavy atom. The highest BCUT2D eigenvalue weighted by Crippen LogP contribution is 2.62. The van der Waals surface area contributed by atoms with E-state index in [4.69, 9.17) is 19.9 Å². The summed E-state index contributed by atoms with van der Waals surface area (Å²) in [7, 11) is 0. The predicted molar refractivity (Wildman–Crippen MR) is 82.6 cm³/mol. The number of nitrogen functional groups attached to an aromatic ring is 1. The van der Waals surface area contributed by atoms with Gasteiger partial charge in [-0.3, -0.25) is 14.2 Å². The van der Waals surface area contributed by atoms with Crippen LogP contribution in [0.1, 0.15) is 26.7 Å². The molecule has 2 aliphatic rings. The highest BCUT2D eigenvalue weighted by molar-refractivity contribution is 5.81. The number of anilines is 1. The van der Waals surface area contributed by atoms with E-state index in [-0.39, 0.29) is 24.3 Å². The van der Waals surface area contributed by atoms with Gasteiger partial charge in [-0.2, -0.15) is 0 Å². The Balaban J connectivity index is 1.73. The Bertz CT molecular complexity index is 882. The number of fused-ring (bicyclic) bond motifs is 2. The lowest BCUT2D eigenvalue weighted by Gasteiger charge is -2.32. The number of aromatic nitrogens is 4. The molecule has 10 nitrogen and oxygen atoms in total. The second-order valence-electron chi connectivity index (χ2n) is 6.40. The van der Waals surface area contributed by atoms with E-state index in [9.17, 15) is 9.59 Å². The Morgan fingerprint density at radius 2 is 2.12 bits per heavy atom. The molecule has 0 aromatic carbocycles. The molecule has 1 aliphatic carbocycles. The van der Waals surface area contributed by atoms with Crippen LogP contribution >= 0.6 is 0 Å². The quantitative estimate of drug-likeness (QED) is 0.777. The van der Waals surface area contributed by atoms with Crippen molar-refractivity contribution in [2.24, 2.45) is 5.92 Å². The zero-order chi connectivity index (χ0) is 17.8. The first kappa shape index (κ1) is 15.8. The molecule has 4 rings (SSSR count). The van der Waals surface area contributed by atoms with Crippen molar-refractivity contribution in [3.8, 4) is 0 Å². The van der Waals surface area contributed by atoms with Gasteiger partial charge in [0.05, 0.1) is 0 Å². The summed E-state index contributed by atoms with van der Waals surface area (Å²) in [5.74, 6) is -1.97. The largest absolute Gasteiger partial charge is 0.463 e. The molecule has 1 saturated heterocycles. The predicted octanol–water partition coefficient (Wildman–Crippen LogP) is 0.324. The number of rotatable bonds is 4. The van der Waals surface area contributed by atoms with E-state index >= 15 is 0 Å². The second-order valence-corrected chi connectivity index (χ2v) is 6.40. The molecule has 132 valence electrons. The van der Waals surface area contributed by atoms with E-state index in [0.29, 0.717) is 17.6 Å². The van der Waals surface area contributed by atoms with Crippen molar-refractivity contribution >= 4 is 28.9 Å². The molecule has 2 fully saturated rings. The van der Waals surface area contributed by atoms with Crippen molar-refractivity contribution in [3.05, 3.63) is 12.7 Å². The van der Waals surface area contributed by atoms with Crippen LogP contribution in [0.15, 0.2) is 12.7 Å². The van der Waals surface area contributed by atoms with Crippen LogP contribution in [0.2, 0.25) is 0 Å². The minimum absolute atomic E-state index is 0.0998. The molecule has 2 aromatic heterocycles. The topological polar surface area (TPSA) is 131 Å². The average Bonchev–Trinajstić information content (AvgIpc) is 2.91. The summed E-state index contributed by atoms with van der Waals surface area (Å²) in [6.07, 6.45) is 3.90. The SMILES string of the molecule is CC(=O)OC[C@@]12C[C@@H]1C[C@@](OC(C)=O)(n1cnc3c(N)ncnc31)O2. The third-order valence-electron chi connectivity index (χ3n) is 4.59. The van der Waals surface area contributed by atoms with E-state index in [0.717, 1.165) is 6.42 Å². The zero-order valence-corrected chi connectivity index (χ0v) is 13.8. The van der Waals surface area contributed by atoms with Gasteiger partial charge >= 0.3 is 17.8 Å². The summed E-state index contributed by atoms with van der Waals surface area (Å²) in [6, 6.07) is 0. The number of imidazole rings is 1. The molecule has 1 saturated carbocycles. The first-order valence-corrected chi connectivity index (χ1v) is 7.82. The fourth-order valence-corrected chi connectivity index (χ4v) is 3.43. The number of ether oxygens (including phenoxy) is 3. The molecule has 1 aliphatic heterocycles. The van der Waals surface area contributed by atoms with Crippen LogP contribution in [0.5, 0.6) is 0 Å². The number of hydrogen-bond acceptors (Lipinski definition) is 9. The van der Waals surface area contributed by atoms with Gasteiger partial charge in [-0.15, -0.1) is 0 Å². The van der Waals surface area contributed by atoms with Gasteiger partial charge in [-0.25, -0.2) is 15.0 Å². The molecule has 2 N–H and O–H groups in total. The summed E-state index contributed by atoms with van der Waals surface area (Å²) in [6.45, 7) is 2.75. The van der Waals surface area contributed by atoms with Gasteiger partial charge in [0.25, 0.3) is 0 Å². The number of nitrogens with two attached hydrogens (primary N) is 1. The van der Waals surface area contributed by atoms with Crippen molar-refractivity contribution in [2.45, 2.75) is 38.2 Å². The Labute approximate surface area is 142 Å². The van der Waals surface area contributed by atoms with Crippen molar-refractivity contribution in [1.82, 2.24) is 19.5 Å². The lowest BCUT2D eigenvalue weighted by molar-refractivity contribution is -0.286. The molecule has 0 unspecified atom stereocenters. The lowest BCUT2D eigenvalue weighted by atomic mass is 10.2. The molecule has 0 spiro atoms. The summed E-state index contributed by atoms with van der Waals surface area (Å²) >= 11 is 0. The van der Waals surface area contributed by atoms with Crippen LogP contribution in [0.25, 0.3) is 11.2 Å². The third-order valence-corrected chi connectivity index (χ3v) is 4.59. The fraction of sp³-hybridized carbons (Fsp3) is 0.533. The van der Waals surface area contributed by atoms with Gasteiger partial charge in [0.2, 0.25) is 0 Å². The molecule has 0 radical (unpaired) electrons. The van der Waals surface area contributed by atoms with E-state index in [2.05, 4.69) is 15.0 Å². The monoisotopic (exact) mass is 347 g/mol. The first-order valence-electron chi connectivity index (χ1n) is 7.82. The minimum atomic E-state index is -1.40. The minimum Gasteiger partial charge on any atom is -0.463 e. The summed E-state index contributed by atoms with van der Waals surface area (Å²) < 4.78 is 18.4. The van der Waals surface area contributed by atoms with Gasteiger partial charge in [-0.1, -0.05) is 0 Å². The van der Waals surface area contributed by atoms with Crippen molar-refractivity contribution in [2.75, 3.05) is 12.3 Å². The van der Waals surface area contributed by atoms with Crippen LogP contribution < -0.4 is 5.73 Å². The molecule has 3 heterocycles. The van der Waals surface area contributed by atoms with Gasteiger partial charge in [-0.05, 0) is 6.42 Å². The number of nitrogens with zero attached hydrogens (tertiary/aromatic N) is 4. The lowest BCUT2D eigenvalue weighted by Crippen LogP contribution is -2.41. The molecule has 2 aromatic rings. The van der Waals surface area contributed by atoms with Gasteiger partial charge < -0.3 is 19.9 Å². The highest BCUT2D eigenvalue weighted by atomic mass is 16.8. The molecule has 10 heteroatoms. The standard InChI is InChI=1S/C15H17N5O5/c1-8(21)23-5-14-3-10(14)4-15(25-14,24-9(2)22)20-7-19-11-12(16)17-6-18-13(11)20/h6-7,10H,3-5H2,1-2H3,(H2,16,17,18)/t10-,14+,15+/m1/s1. The Morgan fingerprint density at radius 1 is 1.32 bits per heavy atom. The molecular weight excluding hydrogens is 330 g/mol.